The Morgan fingerprint density at radius 3 is 2.55 bits per heavy atom. The van der Waals surface area contributed by atoms with E-state index in [2.05, 4.69) is 11.2 Å². The molecule has 1 aliphatic heterocycles. The van der Waals surface area contributed by atoms with Crippen LogP contribution in [0.25, 0.3) is 0 Å². The van der Waals surface area contributed by atoms with Gasteiger partial charge < -0.3 is 0 Å². The molecule has 2 rings (SSSR count). The lowest BCUT2D eigenvalue weighted by Gasteiger charge is -2.28. The van der Waals surface area contributed by atoms with Gasteiger partial charge in [-0.2, -0.15) is 5.10 Å². The fourth-order valence-corrected chi connectivity index (χ4v) is 3.23. The normalized spacial score (nSPS) is 15.2. The average Bonchev–Trinajstić information content (AvgIpc) is 2.81. The number of hydrazone groups is 1. The van der Waals surface area contributed by atoms with Crippen LogP contribution in [-0.2, 0) is 11.2 Å². The average molecular weight is 486 g/mol. The summed E-state index contributed by atoms with van der Waals surface area (Å²) in [6.45, 7) is 7.51. The van der Waals surface area contributed by atoms with Gasteiger partial charge in [0, 0.05) is 35.0 Å². The van der Waals surface area contributed by atoms with Crippen LogP contribution in [0.2, 0.25) is 0 Å². The highest BCUT2D eigenvalue weighted by molar-refractivity contribution is 6.31. The van der Waals surface area contributed by atoms with E-state index in [0.29, 0.717) is 40.7 Å². The highest BCUT2D eigenvalue weighted by Gasteiger charge is 2.27. The van der Waals surface area contributed by atoms with E-state index in [1.54, 1.807) is 30.2 Å². The van der Waals surface area contributed by atoms with Gasteiger partial charge in [-0.05, 0) is 51.0 Å². The molecule has 1 amide bonds. The first-order valence-electron chi connectivity index (χ1n) is 10.6. The molecular weight excluding hydrogens is 457 g/mol. The Morgan fingerprint density at radius 2 is 1.94 bits per heavy atom. The van der Waals surface area contributed by atoms with E-state index in [0.717, 1.165) is 22.7 Å². The van der Waals surface area contributed by atoms with E-state index >= 15 is 0 Å². The molecule has 1 aliphatic rings. The third-order valence-corrected chi connectivity index (χ3v) is 5.08. The molecule has 8 heteroatoms. The van der Waals surface area contributed by atoms with Crippen molar-refractivity contribution in [1.82, 2.24) is 10.4 Å². The fraction of sp³-hybridized carbons (Fsp3) is 0.280. The van der Waals surface area contributed by atoms with Gasteiger partial charge in [0.25, 0.3) is 5.91 Å². The first kappa shape index (κ1) is 26.4. The monoisotopic (exact) mass is 485 g/mol. The standard InChI is InChI=1S/C25H29Cl2N5O/c1-5-22-16-23(25(33)30-28)24(29-18(3)15-20-9-7-6-8-10-20)32(31-22)19(4)12-14-21(27)13-11-17(2)26/h6-10,12-14H,5,15-16,28H2,1-4H3,(H,30,33)/b19-12+,21-14+,29-18?. The number of hydrogen-bond acceptors (Lipinski definition) is 5. The van der Waals surface area contributed by atoms with Crippen molar-refractivity contribution in [3.63, 3.8) is 0 Å². The molecule has 33 heavy (non-hydrogen) atoms. The number of carbonyl (C=O) groups is 1. The molecule has 6 nitrogen and oxygen atoms in total. The summed E-state index contributed by atoms with van der Waals surface area (Å²) < 4.78 is 0. The molecule has 0 fully saturated rings. The van der Waals surface area contributed by atoms with E-state index in [1.165, 1.54) is 0 Å². The summed E-state index contributed by atoms with van der Waals surface area (Å²) in [6.07, 6.45) is 6.79. The summed E-state index contributed by atoms with van der Waals surface area (Å²) >= 11 is 12.0. The van der Waals surface area contributed by atoms with Gasteiger partial charge in [0.2, 0.25) is 0 Å². The number of nitrogens with zero attached hydrogens (tertiary/aromatic N) is 3. The summed E-state index contributed by atoms with van der Waals surface area (Å²) in [7, 11) is 0. The number of halogens is 2. The molecule has 3 N–H and O–H groups in total. The zero-order valence-corrected chi connectivity index (χ0v) is 20.8. The van der Waals surface area contributed by atoms with Gasteiger partial charge >= 0.3 is 0 Å². The van der Waals surface area contributed by atoms with Crippen LogP contribution in [0.15, 0.2) is 91.5 Å². The number of allylic oxidation sites excluding steroid dienone is 5. The van der Waals surface area contributed by atoms with E-state index < -0.39 is 0 Å². The fourth-order valence-electron chi connectivity index (χ4n) is 3.06. The Kier molecular flexibility index (Phi) is 10.4. The van der Waals surface area contributed by atoms with Crippen molar-refractivity contribution in [2.45, 2.75) is 47.0 Å². The minimum atomic E-state index is -0.390. The molecule has 174 valence electrons. The lowest BCUT2D eigenvalue weighted by Crippen LogP contribution is -2.36. The van der Waals surface area contributed by atoms with E-state index in [4.69, 9.17) is 39.1 Å². The quantitative estimate of drug-likeness (QED) is 0.124. The molecule has 1 aromatic carbocycles. The lowest BCUT2D eigenvalue weighted by atomic mass is 10.0. The third-order valence-electron chi connectivity index (χ3n) is 4.73. The van der Waals surface area contributed by atoms with Crippen molar-refractivity contribution in [2.24, 2.45) is 15.9 Å². The number of hydrogen-bond donors (Lipinski definition) is 2. The smallest absolute Gasteiger partial charge is 0.265 e. The molecule has 0 saturated carbocycles. The van der Waals surface area contributed by atoms with Crippen LogP contribution in [0.1, 0.15) is 46.1 Å². The number of carbonyl (C=O) groups excluding carboxylic acids is 1. The Morgan fingerprint density at radius 1 is 1.24 bits per heavy atom. The predicted octanol–water partition coefficient (Wildman–Crippen LogP) is 5.69. The summed E-state index contributed by atoms with van der Waals surface area (Å²) in [5.74, 6) is 5.53. The number of benzene rings is 1. The lowest BCUT2D eigenvalue weighted by molar-refractivity contribution is -0.117. The first-order chi connectivity index (χ1) is 15.7. The van der Waals surface area contributed by atoms with E-state index in [-0.39, 0.29) is 5.91 Å². The maximum absolute atomic E-state index is 12.6. The second-order valence-electron chi connectivity index (χ2n) is 7.48. The van der Waals surface area contributed by atoms with Gasteiger partial charge in [0.1, 0.15) is 0 Å². The SMILES string of the molecule is CCC1=NN(/C(C)=C/C=C(/Cl)C=C=C(C)Cl)C(N=C(C)Cc2ccccc2)=C(C(=O)NN)C1. The maximum Gasteiger partial charge on any atom is 0.265 e. The molecular formula is C25H29Cl2N5O. The summed E-state index contributed by atoms with van der Waals surface area (Å²) in [5.41, 5.74) is 9.08. The van der Waals surface area contributed by atoms with Crippen LogP contribution in [0.4, 0.5) is 0 Å². The highest BCUT2D eigenvalue weighted by Crippen LogP contribution is 2.28. The van der Waals surface area contributed by atoms with E-state index in [1.807, 2.05) is 51.1 Å². The molecule has 1 aromatic rings. The number of hydrazine groups is 1. The van der Waals surface area contributed by atoms with Crippen molar-refractivity contribution in [3.05, 3.63) is 87.0 Å². The van der Waals surface area contributed by atoms with Crippen molar-refractivity contribution >= 4 is 40.5 Å². The van der Waals surface area contributed by atoms with Crippen LogP contribution in [0.5, 0.6) is 0 Å². The zero-order valence-electron chi connectivity index (χ0n) is 19.3. The van der Waals surface area contributed by atoms with Crippen molar-refractivity contribution in [1.29, 1.82) is 0 Å². The minimum Gasteiger partial charge on any atom is -0.290 e. The Labute approximate surface area is 205 Å². The van der Waals surface area contributed by atoms with Gasteiger partial charge in [-0.25, -0.2) is 15.8 Å². The number of aliphatic imine (C=N–C) groups is 1. The molecule has 0 saturated heterocycles. The van der Waals surface area contributed by atoms with Gasteiger partial charge in [0.15, 0.2) is 5.82 Å². The Hall–Kier alpha value is -2.89. The van der Waals surface area contributed by atoms with Gasteiger partial charge in [-0.3, -0.25) is 10.2 Å². The van der Waals surface area contributed by atoms with Crippen LogP contribution < -0.4 is 11.3 Å². The van der Waals surface area contributed by atoms with Crippen molar-refractivity contribution in [2.75, 3.05) is 0 Å². The Balaban J connectivity index is 2.52. The van der Waals surface area contributed by atoms with Crippen molar-refractivity contribution in [3.8, 4) is 0 Å². The summed E-state index contributed by atoms with van der Waals surface area (Å²) in [4.78, 5) is 17.4. The first-order valence-corrected chi connectivity index (χ1v) is 11.3. The number of nitrogens with two attached hydrogens (primary N) is 1. The van der Waals surface area contributed by atoms with Gasteiger partial charge in [-0.15, -0.1) is 5.73 Å². The topological polar surface area (TPSA) is 83.1 Å². The molecule has 0 aromatic heterocycles. The van der Waals surface area contributed by atoms with Gasteiger partial charge in [0.05, 0.1) is 10.6 Å². The molecule has 0 spiro atoms. The third kappa shape index (κ3) is 8.19. The second kappa shape index (κ2) is 13.0. The molecule has 0 atom stereocenters. The molecule has 0 radical (unpaired) electrons. The molecule has 1 heterocycles. The van der Waals surface area contributed by atoms with Crippen LogP contribution in [0.3, 0.4) is 0 Å². The largest absolute Gasteiger partial charge is 0.290 e. The van der Waals surface area contributed by atoms with Crippen molar-refractivity contribution < 1.29 is 4.79 Å². The van der Waals surface area contributed by atoms with Crippen LogP contribution >= 0.6 is 23.2 Å². The second-order valence-corrected chi connectivity index (χ2v) is 8.48. The van der Waals surface area contributed by atoms with E-state index in [9.17, 15) is 4.79 Å². The van der Waals surface area contributed by atoms with Crippen LogP contribution in [0, 0.1) is 0 Å². The predicted molar refractivity (Wildman–Crippen MR) is 138 cm³/mol. The maximum atomic E-state index is 12.6. The Bertz CT molecular complexity index is 1090. The number of amides is 1. The number of rotatable bonds is 8. The zero-order chi connectivity index (χ0) is 24.4. The number of nitrogens with one attached hydrogen (secondary N) is 1. The minimum absolute atomic E-state index is 0.375. The summed E-state index contributed by atoms with van der Waals surface area (Å²) in [5, 5.41) is 7.34. The molecule has 0 unspecified atom stereocenters. The molecule has 0 aliphatic carbocycles. The van der Waals surface area contributed by atoms with Crippen LogP contribution in [-0.4, -0.2) is 22.3 Å². The highest BCUT2D eigenvalue weighted by atomic mass is 35.5. The molecule has 0 bridgehead atoms. The summed E-state index contributed by atoms with van der Waals surface area (Å²) in [6, 6.07) is 10.0. The van der Waals surface area contributed by atoms with Gasteiger partial charge in [-0.1, -0.05) is 60.5 Å².